The first-order valence-corrected chi connectivity index (χ1v) is 8.31. The third-order valence-corrected chi connectivity index (χ3v) is 4.29. The average molecular weight is 405 g/mol. The largest absolute Gasteiger partial charge is 0.369 e. The van der Waals surface area contributed by atoms with Gasteiger partial charge in [0.1, 0.15) is 18.4 Å². The van der Waals surface area contributed by atoms with E-state index in [1.165, 1.54) is 6.92 Å². The van der Waals surface area contributed by atoms with E-state index in [-0.39, 0.29) is 16.9 Å². The number of aliphatic hydroxyl groups is 1. The van der Waals surface area contributed by atoms with Gasteiger partial charge in [0, 0.05) is 6.20 Å². The Morgan fingerprint density at radius 1 is 1.41 bits per heavy atom. The lowest BCUT2D eigenvalue weighted by Gasteiger charge is -2.34. The molecule has 1 aromatic heterocycles. The number of carbonyl (C=O) groups is 2. The fraction of sp³-hybridized carbons (Fsp3) is 0.222. The summed E-state index contributed by atoms with van der Waals surface area (Å²) in [4.78, 5) is 28.8. The summed E-state index contributed by atoms with van der Waals surface area (Å²) < 4.78 is 41.5. The number of fused-ring (bicyclic) bond motifs is 1. The molecule has 3 amide bonds. The highest BCUT2D eigenvalue weighted by Crippen LogP contribution is 2.34. The number of rotatable bonds is 4. The quantitative estimate of drug-likeness (QED) is 0.720. The van der Waals surface area contributed by atoms with Gasteiger partial charge >= 0.3 is 6.03 Å². The van der Waals surface area contributed by atoms with Crippen molar-refractivity contribution in [1.29, 1.82) is 5.26 Å². The van der Waals surface area contributed by atoms with Crippen LogP contribution in [0.1, 0.15) is 36.0 Å². The zero-order valence-corrected chi connectivity index (χ0v) is 14.9. The van der Waals surface area contributed by atoms with Gasteiger partial charge in [0.05, 0.1) is 28.6 Å². The van der Waals surface area contributed by atoms with Crippen molar-refractivity contribution in [2.24, 2.45) is 0 Å². The first-order chi connectivity index (χ1) is 13.7. The Kier molecular flexibility index (Phi) is 5.38. The minimum absolute atomic E-state index is 0.00538. The molecule has 1 aliphatic heterocycles. The fourth-order valence-corrected chi connectivity index (χ4v) is 2.88. The van der Waals surface area contributed by atoms with Crippen LogP contribution in [-0.4, -0.2) is 33.5 Å². The van der Waals surface area contributed by atoms with E-state index in [2.05, 4.69) is 15.6 Å². The van der Waals surface area contributed by atoms with Crippen LogP contribution in [0.3, 0.4) is 0 Å². The number of nitrogens with zero attached hydrogens (tertiary/aromatic N) is 3. The van der Waals surface area contributed by atoms with Gasteiger partial charge in [-0.2, -0.15) is 5.26 Å². The minimum atomic E-state index is -1.90. The van der Waals surface area contributed by atoms with Gasteiger partial charge in [-0.3, -0.25) is 14.7 Å². The average Bonchev–Trinajstić information content (AvgIpc) is 2.67. The van der Waals surface area contributed by atoms with E-state index >= 15 is 0 Å². The Labute approximate surface area is 162 Å². The molecule has 2 heterocycles. The van der Waals surface area contributed by atoms with Gasteiger partial charge in [0.2, 0.25) is 5.91 Å². The molecule has 0 aliphatic carbocycles. The van der Waals surface area contributed by atoms with Gasteiger partial charge in [-0.15, -0.1) is 0 Å². The lowest BCUT2D eigenvalue weighted by atomic mass is 10.1. The van der Waals surface area contributed by atoms with E-state index in [1.54, 1.807) is 6.07 Å². The number of aromatic nitrogens is 1. The van der Waals surface area contributed by atoms with Crippen LogP contribution in [0.4, 0.5) is 23.7 Å². The Morgan fingerprint density at radius 2 is 2.14 bits per heavy atom. The molecule has 150 valence electrons. The van der Waals surface area contributed by atoms with Gasteiger partial charge < -0.3 is 15.7 Å². The van der Waals surface area contributed by atoms with Gasteiger partial charge in [0.15, 0.2) is 17.9 Å². The van der Waals surface area contributed by atoms with Gasteiger partial charge in [-0.05, 0) is 25.1 Å². The van der Waals surface area contributed by atoms with Gasteiger partial charge in [-0.1, -0.05) is 0 Å². The summed E-state index contributed by atoms with van der Waals surface area (Å²) in [5.41, 5.74) is -0.759. The Morgan fingerprint density at radius 3 is 2.79 bits per heavy atom. The molecule has 3 N–H and O–H groups in total. The fourth-order valence-electron chi connectivity index (χ4n) is 2.88. The first-order valence-electron chi connectivity index (χ1n) is 8.31. The lowest BCUT2D eigenvalue weighted by Crippen LogP contribution is -2.48. The topological polar surface area (TPSA) is 118 Å². The molecule has 3 rings (SSSR count). The maximum absolute atomic E-state index is 14.0. The van der Waals surface area contributed by atoms with Crippen LogP contribution in [-0.2, 0) is 4.79 Å². The highest BCUT2D eigenvalue weighted by atomic mass is 19.2. The van der Waals surface area contributed by atoms with E-state index in [0.717, 1.165) is 24.4 Å². The SMILES string of the molecule is CC(NC(=O)CN1C(=O)Nc2ccc(F)c(F)c2C1O)c1ncc(C#N)cc1F. The Balaban J connectivity index is 1.74. The summed E-state index contributed by atoms with van der Waals surface area (Å²) in [6, 6.07) is 2.75. The number of nitriles is 1. The molecule has 1 aliphatic rings. The van der Waals surface area contributed by atoms with E-state index in [4.69, 9.17) is 5.26 Å². The summed E-state index contributed by atoms with van der Waals surface area (Å²) in [6.45, 7) is 0.705. The maximum Gasteiger partial charge on any atom is 0.324 e. The summed E-state index contributed by atoms with van der Waals surface area (Å²) in [5.74, 6) is -4.19. The van der Waals surface area contributed by atoms with Crippen molar-refractivity contribution in [2.75, 3.05) is 11.9 Å². The molecule has 0 fully saturated rings. The molecule has 2 unspecified atom stereocenters. The van der Waals surface area contributed by atoms with Crippen LogP contribution in [0, 0.1) is 28.8 Å². The standard InChI is InChI=1S/C18H14F3N5O3/c1-8(16-11(20)4-9(5-22)6-23-16)24-13(27)7-26-17(28)14-12(25-18(26)29)3-2-10(19)15(14)21/h2-4,6,8,17,28H,7H2,1H3,(H,24,27)(H,25,29). The number of benzene rings is 1. The zero-order chi connectivity index (χ0) is 21.3. The number of hydrogen-bond acceptors (Lipinski definition) is 5. The zero-order valence-electron chi connectivity index (χ0n) is 14.9. The van der Waals surface area contributed by atoms with Gasteiger partial charge in [0.25, 0.3) is 0 Å². The third-order valence-electron chi connectivity index (χ3n) is 4.29. The Bertz CT molecular complexity index is 1040. The van der Waals surface area contributed by atoms with Crippen molar-refractivity contribution < 1.29 is 27.9 Å². The molecule has 2 aromatic rings. The summed E-state index contributed by atoms with van der Waals surface area (Å²) >= 11 is 0. The van der Waals surface area contributed by atoms with Crippen molar-refractivity contribution in [2.45, 2.75) is 19.2 Å². The van der Waals surface area contributed by atoms with Crippen molar-refractivity contribution >= 4 is 17.6 Å². The molecule has 8 nitrogen and oxygen atoms in total. The number of aliphatic hydroxyl groups excluding tert-OH is 1. The minimum Gasteiger partial charge on any atom is -0.369 e. The number of hydrogen-bond donors (Lipinski definition) is 3. The van der Waals surface area contributed by atoms with Crippen LogP contribution in [0.15, 0.2) is 24.4 Å². The second-order valence-electron chi connectivity index (χ2n) is 6.25. The highest BCUT2D eigenvalue weighted by Gasteiger charge is 2.35. The molecule has 1 aromatic carbocycles. The van der Waals surface area contributed by atoms with Crippen LogP contribution in [0.25, 0.3) is 0 Å². The van der Waals surface area contributed by atoms with E-state index in [9.17, 15) is 27.9 Å². The molecule has 29 heavy (non-hydrogen) atoms. The van der Waals surface area contributed by atoms with Crippen LogP contribution in [0.5, 0.6) is 0 Å². The number of halogens is 3. The Hall–Kier alpha value is -3.65. The van der Waals surface area contributed by atoms with Crippen LogP contribution in [0.2, 0.25) is 0 Å². The summed E-state index contributed by atoms with van der Waals surface area (Å²) in [5, 5.41) is 23.7. The summed E-state index contributed by atoms with van der Waals surface area (Å²) in [7, 11) is 0. The molecule has 11 heteroatoms. The van der Waals surface area contributed by atoms with Crippen LogP contribution >= 0.6 is 0 Å². The molecule has 0 spiro atoms. The molecule has 0 radical (unpaired) electrons. The predicted octanol–water partition coefficient (Wildman–Crippen LogP) is 2.09. The van der Waals surface area contributed by atoms with Crippen LogP contribution < -0.4 is 10.6 Å². The van der Waals surface area contributed by atoms with E-state index in [1.807, 2.05) is 0 Å². The van der Waals surface area contributed by atoms with Crippen molar-refractivity contribution in [3.63, 3.8) is 0 Å². The molecule has 0 saturated carbocycles. The number of pyridine rings is 1. The third kappa shape index (κ3) is 3.83. The molecule has 2 atom stereocenters. The number of urea groups is 1. The van der Waals surface area contributed by atoms with E-state index < -0.39 is 53.8 Å². The van der Waals surface area contributed by atoms with Crippen molar-refractivity contribution in [3.8, 4) is 6.07 Å². The molecule has 0 saturated heterocycles. The second-order valence-corrected chi connectivity index (χ2v) is 6.25. The van der Waals surface area contributed by atoms with Crippen molar-refractivity contribution in [1.82, 2.24) is 15.2 Å². The number of anilines is 1. The number of carbonyl (C=O) groups excluding carboxylic acids is 2. The predicted molar refractivity (Wildman–Crippen MR) is 92.5 cm³/mol. The second kappa shape index (κ2) is 7.76. The number of amides is 3. The van der Waals surface area contributed by atoms with E-state index in [0.29, 0.717) is 4.90 Å². The van der Waals surface area contributed by atoms with Gasteiger partial charge in [-0.25, -0.2) is 18.0 Å². The maximum atomic E-state index is 14.0. The molecule has 0 bridgehead atoms. The number of nitrogens with one attached hydrogen (secondary N) is 2. The molecular weight excluding hydrogens is 391 g/mol. The smallest absolute Gasteiger partial charge is 0.324 e. The lowest BCUT2D eigenvalue weighted by molar-refractivity contribution is -0.124. The van der Waals surface area contributed by atoms with Crippen molar-refractivity contribution in [3.05, 3.63) is 58.7 Å². The normalized spacial score (nSPS) is 16.5. The first kappa shape index (κ1) is 20.1. The summed E-state index contributed by atoms with van der Waals surface area (Å²) in [6.07, 6.45) is -0.766. The monoisotopic (exact) mass is 405 g/mol. The highest BCUT2D eigenvalue weighted by molar-refractivity contribution is 5.95. The molecular formula is C18H14F3N5O3.